The third-order valence-corrected chi connectivity index (χ3v) is 4.08. The highest BCUT2D eigenvalue weighted by Crippen LogP contribution is 2.41. The smallest absolute Gasteiger partial charge is 0.336 e. The summed E-state index contributed by atoms with van der Waals surface area (Å²) in [5.74, 6) is 0.484. The zero-order valence-corrected chi connectivity index (χ0v) is 14.2. The molecule has 0 aromatic heterocycles. The number of dihydropyridines is 1. The lowest BCUT2D eigenvalue weighted by Crippen LogP contribution is -2.28. The van der Waals surface area contributed by atoms with Crippen molar-refractivity contribution < 1.29 is 14.3 Å². The minimum atomic E-state index is -0.331. The number of nitrogens with one attached hydrogen (secondary N) is 1. The first kappa shape index (κ1) is 16.5. The fourth-order valence-corrected chi connectivity index (χ4v) is 2.93. The zero-order valence-electron chi connectivity index (χ0n) is 13.3. The van der Waals surface area contributed by atoms with E-state index in [1.54, 1.807) is 0 Å². The van der Waals surface area contributed by atoms with E-state index in [1.807, 2.05) is 45.0 Å². The summed E-state index contributed by atoms with van der Waals surface area (Å²) in [5, 5.41) is 3.25. The number of hydrogen-bond donors (Lipinski definition) is 2. The van der Waals surface area contributed by atoms with Crippen molar-refractivity contribution in [1.29, 1.82) is 0 Å². The molecule has 0 spiro atoms. The van der Waals surface area contributed by atoms with Gasteiger partial charge in [-0.25, -0.2) is 4.79 Å². The standard InChI is InChI=1S/C17H21NO3S/c1-10-11(2)18-12(3)16(17(19)20-4)15(10)13-7-5-6-8-14(13)21-9-22/h5-8,15,18,22H,9H2,1-4H3. The molecule has 1 N–H and O–H groups in total. The molecule has 1 aromatic rings. The van der Waals surface area contributed by atoms with Gasteiger partial charge in [-0.05, 0) is 32.4 Å². The number of carbonyl (C=O) groups is 1. The van der Waals surface area contributed by atoms with Crippen LogP contribution in [0.4, 0.5) is 0 Å². The molecule has 118 valence electrons. The Labute approximate surface area is 136 Å². The van der Waals surface area contributed by atoms with Crippen molar-refractivity contribution in [3.63, 3.8) is 0 Å². The van der Waals surface area contributed by atoms with Crippen molar-refractivity contribution >= 4 is 18.6 Å². The molecule has 0 saturated heterocycles. The first-order valence-electron chi connectivity index (χ1n) is 7.07. The van der Waals surface area contributed by atoms with E-state index in [4.69, 9.17) is 9.47 Å². The molecule has 1 aliphatic heterocycles. The van der Waals surface area contributed by atoms with E-state index in [0.29, 0.717) is 5.57 Å². The molecule has 22 heavy (non-hydrogen) atoms. The Morgan fingerprint density at radius 1 is 1.23 bits per heavy atom. The van der Waals surface area contributed by atoms with Crippen LogP contribution in [-0.2, 0) is 9.53 Å². The van der Waals surface area contributed by atoms with Gasteiger partial charge in [0.1, 0.15) is 11.7 Å². The van der Waals surface area contributed by atoms with Crippen LogP contribution in [0.15, 0.2) is 46.8 Å². The van der Waals surface area contributed by atoms with Crippen molar-refractivity contribution in [2.45, 2.75) is 26.7 Å². The van der Waals surface area contributed by atoms with Gasteiger partial charge in [0, 0.05) is 22.9 Å². The molecule has 2 rings (SSSR count). The van der Waals surface area contributed by atoms with Gasteiger partial charge in [0.2, 0.25) is 0 Å². The number of allylic oxidation sites excluding steroid dienone is 3. The lowest BCUT2D eigenvalue weighted by Gasteiger charge is -2.30. The fourth-order valence-electron chi connectivity index (χ4n) is 2.79. The average molecular weight is 319 g/mol. The van der Waals surface area contributed by atoms with Gasteiger partial charge in [0.05, 0.1) is 12.7 Å². The number of para-hydroxylation sites is 1. The summed E-state index contributed by atoms with van der Waals surface area (Å²) in [6.45, 7) is 5.90. The quantitative estimate of drug-likeness (QED) is 0.507. The van der Waals surface area contributed by atoms with Crippen molar-refractivity contribution in [2.24, 2.45) is 0 Å². The predicted molar refractivity (Wildman–Crippen MR) is 89.9 cm³/mol. The number of benzene rings is 1. The lowest BCUT2D eigenvalue weighted by molar-refractivity contribution is -0.136. The molecular formula is C17H21NO3S. The number of ether oxygens (including phenoxy) is 2. The van der Waals surface area contributed by atoms with Gasteiger partial charge in [-0.1, -0.05) is 18.2 Å². The van der Waals surface area contributed by atoms with Crippen LogP contribution in [-0.4, -0.2) is 19.0 Å². The molecule has 1 aliphatic rings. The van der Waals surface area contributed by atoms with Gasteiger partial charge in [0.15, 0.2) is 0 Å². The maximum atomic E-state index is 12.3. The van der Waals surface area contributed by atoms with Gasteiger partial charge in [-0.3, -0.25) is 0 Å². The van der Waals surface area contributed by atoms with E-state index in [9.17, 15) is 4.79 Å². The van der Waals surface area contributed by atoms with Crippen LogP contribution < -0.4 is 10.1 Å². The molecule has 5 heteroatoms. The largest absolute Gasteiger partial charge is 0.483 e. The van der Waals surface area contributed by atoms with Gasteiger partial charge >= 0.3 is 5.97 Å². The molecule has 0 bridgehead atoms. The number of hydrogen-bond acceptors (Lipinski definition) is 5. The van der Waals surface area contributed by atoms with Crippen molar-refractivity contribution in [1.82, 2.24) is 5.32 Å². The van der Waals surface area contributed by atoms with Crippen LogP contribution in [0.1, 0.15) is 32.3 Å². The van der Waals surface area contributed by atoms with E-state index < -0.39 is 0 Å². The van der Waals surface area contributed by atoms with Crippen LogP contribution in [0.5, 0.6) is 5.75 Å². The van der Waals surface area contributed by atoms with E-state index in [2.05, 4.69) is 17.9 Å². The second-order valence-electron chi connectivity index (χ2n) is 5.21. The molecule has 0 aliphatic carbocycles. The normalized spacial score (nSPS) is 18.1. The fraction of sp³-hybridized carbons (Fsp3) is 0.353. The SMILES string of the molecule is COC(=O)C1=C(C)NC(C)=C(C)C1c1ccccc1OCS. The average Bonchev–Trinajstić information content (AvgIpc) is 2.51. The van der Waals surface area contributed by atoms with Crippen LogP contribution >= 0.6 is 12.6 Å². The molecule has 1 heterocycles. The third-order valence-electron chi connectivity index (χ3n) is 3.95. The summed E-state index contributed by atoms with van der Waals surface area (Å²) in [6, 6.07) is 7.71. The maximum absolute atomic E-state index is 12.3. The van der Waals surface area contributed by atoms with E-state index in [1.165, 1.54) is 7.11 Å². The molecule has 0 radical (unpaired) electrons. The highest BCUT2D eigenvalue weighted by atomic mass is 32.1. The number of rotatable bonds is 4. The second-order valence-corrected chi connectivity index (χ2v) is 5.47. The molecule has 1 unspecified atom stereocenters. The Balaban J connectivity index is 2.62. The predicted octanol–water partition coefficient (Wildman–Crippen LogP) is 3.38. The summed E-state index contributed by atoms with van der Waals surface area (Å²) in [7, 11) is 1.40. The Hall–Kier alpha value is -1.88. The lowest BCUT2D eigenvalue weighted by atomic mass is 9.81. The van der Waals surface area contributed by atoms with Gasteiger partial charge in [-0.2, -0.15) is 0 Å². The zero-order chi connectivity index (χ0) is 16.3. The van der Waals surface area contributed by atoms with Crippen LogP contribution in [0.25, 0.3) is 0 Å². The highest BCUT2D eigenvalue weighted by Gasteiger charge is 2.33. The molecular weight excluding hydrogens is 298 g/mol. The first-order chi connectivity index (χ1) is 10.5. The van der Waals surface area contributed by atoms with Gasteiger partial charge in [-0.15, -0.1) is 12.6 Å². The molecule has 0 saturated carbocycles. The highest BCUT2D eigenvalue weighted by molar-refractivity contribution is 7.80. The Kier molecular flexibility index (Phi) is 5.19. The van der Waals surface area contributed by atoms with E-state index in [-0.39, 0.29) is 17.8 Å². The Morgan fingerprint density at radius 3 is 2.55 bits per heavy atom. The number of carbonyl (C=O) groups excluding carboxylic acids is 1. The summed E-state index contributed by atoms with van der Waals surface area (Å²) >= 11 is 4.13. The van der Waals surface area contributed by atoms with E-state index >= 15 is 0 Å². The summed E-state index contributed by atoms with van der Waals surface area (Å²) in [6.07, 6.45) is 0. The molecule has 4 nitrogen and oxygen atoms in total. The summed E-state index contributed by atoms with van der Waals surface area (Å²) in [5.41, 5.74) is 4.47. The first-order valence-corrected chi connectivity index (χ1v) is 7.70. The van der Waals surface area contributed by atoms with Gasteiger partial charge < -0.3 is 14.8 Å². The summed E-state index contributed by atoms with van der Waals surface area (Å²) < 4.78 is 10.6. The monoisotopic (exact) mass is 319 g/mol. The molecule has 0 fully saturated rings. The van der Waals surface area contributed by atoms with Crippen LogP contribution in [0, 0.1) is 0 Å². The Morgan fingerprint density at radius 2 is 1.91 bits per heavy atom. The molecule has 0 amide bonds. The van der Waals surface area contributed by atoms with E-state index in [0.717, 1.165) is 28.3 Å². The number of methoxy groups -OCH3 is 1. The topological polar surface area (TPSA) is 47.6 Å². The van der Waals surface area contributed by atoms with Crippen molar-refractivity contribution in [3.05, 3.63) is 52.4 Å². The summed E-state index contributed by atoms with van der Waals surface area (Å²) in [4.78, 5) is 12.3. The molecule has 1 atom stereocenters. The minimum Gasteiger partial charge on any atom is -0.483 e. The van der Waals surface area contributed by atoms with Crippen molar-refractivity contribution in [2.75, 3.05) is 13.0 Å². The number of esters is 1. The molecule has 1 aromatic carbocycles. The third kappa shape index (κ3) is 2.99. The van der Waals surface area contributed by atoms with Crippen LogP contribution in [0.3, 0.4) is 0 Å². The second kappa shape index (κ2) is 6.92. The number of thiol groups is 1. The Bertz CT molecular complexity index is 649. The minimum absolute atomic E-state index is 0.190. The van der Waals surface area contributed by atoms with Crippen LogP contribution in [0.2, 0.25) is 0 Å². The maximum Gasteiger partial charge on any atom is 0.336 e. The van der Waals surface area contributed by atoms with Crippen molar-refractivity contribution in [3.8, 4) is 5.75 Å². The van der Waals surface area contributed by atoms with Gasteiger partial charge in [0.25, 0.3) is 0 Å².